The first-order chi connectivity index (χ1) is 21.0. The van der Waals surface area contributed by atoms with Crippen molar-refractivity contribution in [3.05, 3.63) is 83.9 Å². The van der Waals surface area contributed by atoms with Crippen LogP contribution in [0.5, 0.6) is 0 Å². The summed E-state index contributed by atoms with van der Waals surface area (Å²) in [6, 6.07) is 17.7. The van der Waals surface area contributed by atoms with Crippen molar-refractivity contribution >= 4 is 11.8 Å². The minimum absolute atomic E-state index is 0.0202. The van der Waals surface area contributed by atoms with Gasteiger partial charge in [-0.25, -0.2) is 4.98 Å². The zero-order valence-corrected chi connectivity index (χ0v) is 25.3. The first-order valence-corrected chi connectivity index (χ1v) is 16.3. The van der Waals surface area contributed by atoms with Crippen molar-refractivity contribution in [2.75, 3.05) is 13.1 Å². The zero-order chi connectivity index (χ0) is 29.6. The Hall–Kier alpha value is -3.52. The van der Waals surface area contributed by atoms with Crippen LogP contribution >= 0.6 is 0 Å². The van der Waals surface area contributed by atoms with Crippen LogP contribution in [0.15, 0.2) is 67.3 Å². The number of aryl methyl sites for hydroxylation is 1. The van der Waals surface area contributed by atoms with E-state index in [2.05, 4.69) is 34.3 Å². The van der Waals surface area contributed by atoms with Gasteiger partial charge in [-0.05, 0) is 66.5 Å². The van der Waals surface area contributed by atoms with Crippen LogP contribution in [0.3, 0.4) is 0 Å². The van der Waals surface area contributed by atoms with Gasteiger partial charge in [0.1, 0.15) is 18.7 Å². The van der Waals surface area contributed by atoms with Crippen LogP contribution in [-0.4, -0.2) is 61.6 Å². The van der Waals surface area contributed by atoms with E-state index < -0.39 is 6.04 Å². The van der Waals surface area contributed by atoms with Crippen LogP contribution in [0.25, 0.3) is 0 Å². The second-order valence-corrected chi connectivity index (χ2v) is 13.1. The third-order valence-electron chi connectivity index (χ3n) is 10.4. The van der Waals surface area contributed by atoms with Gasteiger partial charge in [-0.15, -0.1) is 0 Å². The Bertz CT molecular complexity index is 1350. The molecule has 3 heterocycles. The predicted octanol–water partition coefficient (Wildman–Crippen LogP) is 4.77. The Kier molecular flexibility index (Phi) is 9.22. The number of likely N-dealkylation sites (tertiary alicyclic amines) is 1. The SMILES string of the molecule is N[C@H](CCc1ccccc1)CC(=O)N1Cc2ccccc2CC1C(=O)N1CCC(Cn2cncn2)(C2CCCCC2)CC1. The number of amides is 2. The molecule has 1 aromatic heterocycles. The fraction of sp³-hybridized carbons (Fsp3) is 0.543. The van der Waals surface area contributed by atoms with Crippen molar-refractivity contribution in [3.63, 3.8) is 0 Å². The first kappa shape index (κ1) is 29.5. The van der Waals surface area contributed by atoms with E-state index in [4.69, 9.17) is 5.73 Å². The number of carbonyl (C=O) groups is 2. The van der Waals surface area contributed by atoms with Gasteiger partial charge in [0.15, 0.2) is 0 Å². The van der Waals surface area contributed by atoms with Crippen molar-refractivity contribution < 1.29 is 9.59 Å². The summed E-state index contributed by atoms with van der Waals surface area (Å²) in [4.78, 5) is 36.1. The summed E-state index contributed by atoms with van der Waals surface area (Å²) >= 11 is 0. The van der Waals surface area contributed by atoms with E-state index in [9.17, 15) is 9.59 Å². The van der Waals surface area contributed by atoms with Gasteiger partial charge in [0.2, 0.25) is 11.8 Å². The normalized spacial score (nSPS) is 21.3. The first-order valence-electron chi connectivity index (χ1n) is 16.3. The summed E-state index contributed by atoms with van der Waals surface area (Å²) in [6.45, 7) is 2.77. The number of nitrogens with two attached hydrogens (primary N) is 1. The third-order valence-corrected chi connectivity index (χ3v) is 10.4. The highest BCUT2D eigenvalue weighted by Gasteiger charge is 2.45. The molecular formula is C35H46N6O2. The molecule has 228 valence electrons. The molecule has 8 nitrogen and oxygen atoms in total. The monoisotopic (exact) mass is 582 g/mol. The molecule has 1 saturated heterocycles. The highest BCUT2D eigenvalue weighted by Crippen LogP contribution is 2.47. The summed E-state index contributed by atoms with van der Waals surface area (Å²) in [5.41, 5.74) is 10.1. The number of fused-ring (bicyclic) bond motifs is 1. The van der Waals surface area contributed by atoms with Gasteiger partial charge < -0.3 is 15.5 Å². The topological polar surface area (TPSA) is 97.3 Å². The Labute approximate surface area is 255 Å². The van der Waals surface area contributed by atoms with E-state index in [1.165, 1.54) is 37.7 Å². The second-order valence-electron chi connectivity index (χ2n) is 13.1. The van der Waals surface area contributed by atoms with E-state index in [1.54, 1.807) is 6.33 Å². The fourth-order valence-electron chi connectivity index (χ4n) is 7.88. The molecule has 0 radical (unpaired) electrons. The third kappa shape index (κ3) is 6.85. The van der Waals surface area contributed by atoms with Gasteiger partial charge in [0.25, 0.3) is 0 Å². The highest BCUT2D eigenvalue weighted by molar-refractivity contribution is 5.89. The number of rotatable bonds is 9. The van der Waals surface area contributed by atoms with Gasteiger partial charge in [-0.1, -0.05) is 73.9 Å². The smallest absolute Gasteiger partial charge is 0.245 e. The number of hydrogen-bond donors (Lipinski definition) is 1. The number of aromatic nitrogens is 3. The molecule has 2 aromatic carbocycles. The summed E-state index contributed by atoms with van der Waals surface area (Å²) in [5, 5.41) is 4.45. The van der Waals surface area contributed by atoms with E-state index in [0.717, 1.165) is 56.4 Å². The van der Waals surface area contributed by atoms with E-state index >= 15 is 0 Å². The molecule has 1 aliphatic carbocycles. The van der Waals surface area contributed by atoms with Crippen LogP contribution in [0.4, 0.5) is 0 Å². The molecule has 2 N–H and O–H groups in total. The van der Waals surface area contributed by atoms with E-state index in [-0.39, 0.29) is 29.7 Å². The molecule has 2 aliphatic heterocycles. The summed E-state index contributed by atoms with van der Waals surface area (Å²) in [5.74, 6) is 0.714. The number of hydrogen-bond acceptors (Lipinski definition) is 5. The number of piperidine rings is 1. The van der Waals surface area contributed by atoms with Gasteiger partial charge in [0, 0.05) is 45.1 Å². The molecule has 2 amide bonds. The largest absolute Gasteiger partial charge is 0.341 e. The molecule has 1 saturated carbocycles. The van der Waals surface area contributed by atoms with Gasteiger partial charge in [-0.2, -0.15) is 5.10 Å². The second kappa shape index (κ2) is 13.4. The summed E-state index contributed by atoms with van der Waals surface area (Å²) in [7, 11) is 0. The number of carbonyl (C=O) groups excluding carboxylic acids is 2. The standard InChI is InChI=1S/C35H46N6O2/c36-31(16-15-27-9-3-1-4-10-27)22-33(42)41-23-29-12-8-7-11-28(29)21-32(41)34(43)39-19-17-35(18-20-39,24-40-26-37-25-38-40)30-13-5-2-6-14-30/h1,3-4,7-12,25-26,30-32H,2,5-6,13-24,36H2/t31-,32?/m1/s1. The lowest BCUT2D eigenvalue weighted by Crippen LogP contribution is -2.57. The molecular weight excluding hydrogens is 536 g/mol. The average Bonchev–Trinajstić information content (AvgIpc) is 3.57. The minimum atomic E-state index is -0.485. The van der Waals surface area contributed by atoms with Crippen molar-refractivity contribution in [2.45, 2.75) is 95.8 Å². The van der Waals surface area contributed by atoms with Gasteiger partial charge in [-0.3, -0.25) is 14.3 Å². The lowest BCUT2D eigenvalue weighted by atomic mass is 9.63. The maximum absolute atomic E-state index is 14.3. The van der Waals surface area contributed by atoms with Crippen molar-refractivity contribution in [3.8, 4) is 0 Å². The zero-order valence-electron chi connectivity index (χ0n) is 25.3. The van der Waals surface area contributed by atoms with Crippen molar-refractivity contribution in [2.24, 2.45) is 17.1 Å². The minimum Gasteiger partial charge on any atom is -0.341 e. The summed E-state index contributed by atoms with van der Waals surface area (Å²) in [6.07, 6.45) is 14.2. The van der Waals surface area contributed by atoms with Crippen LogP contribution in [0.2, 0.25) is 0 Å². The Morgan fingerprint density at radius 3 is 2.40 bits per heavy atom. The molecule has 0 bridgehead atoms. The number of nitrogens with zero attached hydrogens (tertiary/aromatic N) is 5. The van der Waals surface area contributed by atoms with Crippen LogP contribution in [-0.2, 0) is 35.5 Å². The van der Waals surface area contributed by atoms with Gasteiger partial charge >= 0.3 is 0 Å². The molecule has 1 unspecified atom stereocenters. The average molecular weight is 583 g/mol. The lowest BCUT2D eigenvalue weighted by Gasteiger charge is -2.49. The molecule has 43 heavy (non-hydrogen) atoms. The van der Waals surface area contributed by atoms with E-state index in [0.29, 0.717) is 18.9 Å². The van der Waals surface area contributed by atoms with Gasteiger partial charge in [0.05, 0.1) is 0 Å². The molecule has 6 rings (SSSR count). The quantitative estimate of drug-likeness (QED) is 0.392. The molecule has 3 aromatic rings. The molecule has 2 atom stereocenters. The van der Waals surface area contributed by atoms with Crippen LogP contribution in [0, 0.1) is 11.3 Å². The predicted molar refractivity (Wildman–Crippen MR) is 167 cm³/mol. The molecule has 0 spiro atoms. The Morgan fingerprint density at radius 2 is 1.67 bits per heavy atom. The maximum Gasteiger partial charge on any atom is 0.245 e. The summed E-state index contributed by atoms with van der Waals surface area (Å²) < 4.78 is 1.99. The molecule has 8 heteroatoms. The Morgan fingerprint density at radius 1 is 0.953 bits per heavy atom. The maximum atomic E-state index is 14.3. The molecule has 3 aliphatic rings. The number of benzene rings is 2. The van der Waals surface area contributed by atoms with Crippen molar-refractivity contribution in [1.82, 2.24) is 24.6 Å². The van der Waals surface area contributed by atoms with Crippen LogP contribution < -0.4 is 5.73 Å². The van der Waals surface area contributed by atoms with E-state index in [1.807, 2.05) is 51.1 Å². The van der Waals surface area contributed by atoms with Crippen molar-refractivity contribution in [1.29, 1.82) is 0 Å². The van der Waals surface area contributed by atoms with Crippen LogP contribution in [0.1, 0.15) is 74.5 Å². The lowest BCUT2D eigenvalue weighted by molar-refractivity contribution is -0.149. The highest BCUT2D eigenvalue weighted by atomic mass is 16.2. The molecule has 2 fully saturated rings. The fourth-order valence-corrected chi connectivity index (χ4v) is 7.88. The Balaban J connectivity index is 1.14.